The lowest BCUT2D eigenvalue weighted by molar-refractivity contribution is -0.162. The van der Waals surface area contributed by atoms with Gasteiger partial charge in [-0.1, -0.05) is 13.8 Å². The number of hydrogen-bond acceptors (Lipinski definition) is 2. The highest BCUT2D eigenvalue weighted by atomic mass is 19.4. The molecular formula is C11H19F3N2O2. The van der Waals surface area contributed by atoms with Crippen LogP contribution in [0.25, 0.3) is 0 Å². The zero-order valence-corrected chi connectivity index (χ0v) is 10.6. The van der Waals surface area contributed by atoms with E-state index in [1.807, 2.05) is 5.32 Å². The summed E-state index contributed by atoms with van der Waals surface area (Å²) in [6.45, 7) is 4.41. The number of alkyl halides is 3. The summed E-state index contributed by atoms with van der Waals surface area (Å²) in [6, 6.07) is -2.97. The van der Waals surface area contributed by atoms with Crippen molar-refractivity contribution in [1.82, 2.24) is 10.6 Å². The number of nitrogens with one attached hydrogen (secondary N) is 2. The van der Waals surface area contributed by atoms with Gasteiger partial charge in [-0.15, -0.1) is 0 Å². The molecule has 0 aromatic heterocycles. The summed E-state index contributed by atoms with van der Waals surface area (Å²) in [4.78, 5) is 11.4. The van der Waals surface area contributed by atoms with Gasteiger partial charge in [0.25, 0.3) is 0 Å². The Morgan fingerprint density at radius 1 is 1.39 bits per heavy atom. The Kier molecular flexibility index (Phi) is 4.15. The molecule has 0 aromatic carbocycles. The zero-order valence-electron chi connectivity index (χ0n) is 10.6. The highest BCUT2D eigenvalue weighted by molar-refractivity contribution is 5.74. The average molecular weight is 268 g/mol. The van der Waals surface area contributed by atoms with E-state index in [0.717, 1.165) is 0 Å². The average Bonchev–Trinajstić information content (AvgIpc) is 2.08. The molecular weight excluding hydrogens is 249 g/mol. The van der Waals surface area contributed by atoms with Gasteiger partial charge in [-0.3, -0.25) is 0 Å². The molecule has 3 N–H and O–H groups in total. The van der Waals surface area contributed by atoms with Gasteiger partial charge in [0.15, 0.2) is 0 Å². The smallest absolute Gasteiger partial charge is 0.390 e. The molecule has 2 amide bonds. The molecule has 0 heterocycles. The standard InChI is InChI=1S/C11H19F3N2O2/c1-6(2)8(11(12,13)14)16-9(17)15-7-4-10(3,18)5-7/h6-8,18H,4-5H2,1-3H3,(H2,15,16,17)/t7?,8-,10?/m0/s1. The second-order valence-electron chi connectivity index (χ2n) is 5.48. The maximum atomic E-state index is 12.6. The Bertz CT molecular complexity index is 308. The van der Waals surface area contributed by atoms with E-state index in [9.17, 15) is 23.1 Å². The summed E-state index contributed by atoms with van der Waals surface area (Å²) in [5.74, 6) is -0.736. The first kappa shape index (κ1) is 15.1. The number of carbonyl (C=O) groups excluding carboxylic acids is 1. The minimum Gasteiger partial charge on any atom is -0.390 e. The van der Waals surface area contributed by atoms with Gasteiger partial charge in [-0.25, -0.2) is 4.79 Å². The lowest BCUT2D eigenvalue weighted by Crippen LogP contribution is -2.58. The number of hydrogen-bond donors (Lipinski definition) is 3. The van der Waals surface area contributed by atoms with Crippen LogP contribution in [0, 0.1) is 5.92 Å². The second-order valence-corrected chi connectivity index (χ2v) is 5.48. The lowest BCUT2D eigenvalue weighted by Gasteiger charge is -2.41. The summed E-state index contributed by atoms with van der Waals surface area (Å²) < 4.78 is 37.8. The predicted molar refractivity (Wildman–Crippen MR) is 60.0 cm³/mol. The highest BCUT2D eigenvalue weighted by Gasteiger charge is 2.44. The van der Waals surface area contributed by atoms with Crippen molar-refractivity contribution in [3.8, 4) is 0 Å². The Balaban J connectivity index is 2.43. The fourth-order valence-corrected chi connectivity index (χ4v) is 2.10. The molecule has 0 radical (unpaired) electrons. The Labute approximate surface area is 104 Å². The largest absolute Gasteiger partial charge is 0.408 e. The Hall–Kier alpha value is -0.980. The number of carbonyl (C=O) groups is 1. The minimum atomic E-state index is -4.46. The molecule has 1 rings (SSSR count). The zero-order chi connectivity index (χ0) is 14.1. The predicted octanol–water partition coefficient (Wildman–Crippen LogP) is 1.79. The molecule has 4 nitrogen and oxygen atoms in total. The van der Waals surface area contributed by atoms with Crippen LogP contribution in [0.15, 0.2) is 0 Å². The Morgan fingerprint density at radius 2 is 1.89 bits per heavy atom. The monoisotopic (exact) mass is 268 g/mol. The molecule has 0 unspecified atom stereocenters. The number of halogens is 3. The number of rotatable bonds is 3. The van der Waals surface area contributed by atoms with E-state index in [4.69, 9.17) is 0 Å². The van der Waals surface area contributed by atoms with Crippen molar-refractivity contribution in [2.45, 2.75) is 57.5 Å². The number of urea groups is 1. The molecule has 0 spiro atoms. The van der Waals surface area contributed by atoms with Crippen LogP contribution in [0.2, 0.25) is 0 Å². The summed E-state index contributed by atoms with van der Waals surface area (Å²) in [5.41, 5.74) is -0.820. The van der Waals surface area contributed by atoms with E-state index in [0.29, 0.717) is 12.8 Å². The fraction of sp³-hybridized carbons (Fsp3) is 0.909. The van der Waals surface area contributed by atoms with Gasteiger partial charge in [0.2, 0.25) is 0 Å². The van der Waals surface area contributed by atoms with E-state index >= 15 is 0 Å². The van der Waals surface area contributed by atoms with Crippen LogP contribution in [0.4, 0.5) is 18.0 Å². The molecule has 0 saturated heterocycles. The normalized spacial score (nSPS) is 29.7. The topological polar surface area (TPSA) is 61.4 Å². The molecule has 106 valence electrons. The van der Waals surface area contributed by atoms with Gasteiger partial charge < -0.3 is 15.7 Å². The summed E-state index contributed by atoms with van der Waals surface area (Å²) in [7, 11) is 0. The van der Waals surface area contributed by atoms with Crippen LogP contribution in [0.1, 0.15) is 33.6 Å². The summed E-state index contributed by atoms with van der Waals surface area (Å²) >= 11 is 0. The quantitative estimate of drug-likeness (QED) is 0.730. The van der Waals surface area contributed by atoms with Crippen molar-refractivity contribution in [2.24, 2.45) is 5.92 Å². The summed E-state index contributed by atoms with van der Waals surface area (Å²) in [5, 5.41) is 13.8. The van der Waals surface area contributed by atoms with Gasteiger partial charge in [0, 0.05) is 6.04 Å². The first-order valence-electron chi connectivity index (χ1n) is 5.87. The first-order chi connectivity index (χ1) is 8.01. The van der Waals surface area contributed by atoms with E-state index in [1.54, 1.807) is 6.92 Å². The maximum absolute atomic E-state index is 12.6. The highest BCUT2D eigenvalue weighted by Crippen LogP contribution is 2.31. The van der Waals surface area contributed by atoms with Gasteiger partial charge in [-0.05, 0) is 25.7 Å². The Morgan fingerprint density at radius 3 is 2.22 bits per heavy atom. The van der Waals surface area contributed by atoms with Crippen molar-refractivity contribution in [3.63, 3.8) is 0 Å². The summed E-state index contributed by atoms with van der Waals surface area (Å²) in [6.07, 6.45) is -3.74. The van der Waals surface area contributed by atoms with E-state index in [2.05, 4.69) is 5.32 Å². The second kappa shape index (κ2) is 4.95. The van der Waals surface area contributed by atoms with Crippen molar-refractivity contribution < 1.29 is 23.1 Å². The molecule has 1 atom stereocenters. The van der Waals surface area contributed by atoms with Crippen LogP contribution in [0.3, 0.4) is 0 Å². The lowest BCUT2D eigenvalue weighted by atomic mass is 9.77. The van der Waals surface area contributed by atoms with Crippen molar-refractivity contribution >= 4 is 6.03 Å². The molecule has 7 heteroatoms. The SMILES string of the molecule is CC(C)[C@H](NC(=O)NC1CC(C)(O)C1)C(F)(F)F. The third-order valence-electron chi connectivity index (χ3n) is 3.01. The van der Waals surface area contributed by atoms with Crippen molar-refractivity contribution in [1.29, 1.82) is 0 Å². The van der Waals surface area contributed by atoms with Crippen LogP contribution in [-0.4, -0.2) is 35.0 Å². The fourth-order valence-electron chi connectivity index (χ4n) is 2.10. The van der Waals surface area contributed by atoms with E-state index < -0.39 is 29.8 Å². The molecule has 18 heavy (non-hydrogen) atoms. The number of amides is 2. The molecule has 1 saturated carbocycles. The van der Waals surface area contributed by atoms with Crippen LogP contribution >= 0.6 is 0 Å². The molecule has 1 aliphatic carbocycles. The van der Waals surface area contributed by atoms with Gasteiger partial charge in [0.05, 0.1) is 5.60 Å². The molecule has 1 fully saturated rings. The van der Waals surface area contributed by atoms with Crippen molar-refractivity contribution in [3.05, 3.63) is 0 Å². The first-order valence-corrected chi connectivity index (χ1v) is 5.87. The number of aliphatic hydroxyl groups is 1. The molecule has 0 aliphatic heterocycles. The van der Waals surface area contributed by atoms with Crippen LogP contribution < -0.4 is 10.6 Å². The minimum absolute atomic E-state index is 0.263. The van der Waals surface area contributed by atoms with E-state index in [-0.39, 0.29) is 6.04 Å². The van der Waals surface area contributed by atoms with Gasteiger partial charge in [0.1, 0.15) is 6.04 Å². The third-order valence-corrected chi connectivity index (χ3v) is 3.01. The van der Waals surface area contributed by atoms with Gasteiger partial charge in [-0.2, -0.15) is 13.2 Å². The van der Waals surface area contributed by atoms with E-state index in [1.165, 1.54) is 13.8 Å². The molecule has 0 aromatic rings. The molecule has 0 bridgehead atoms. The van der Waals surface area contributed by atoms with Gasteiger partial charge >= 0.3 is 12.2 Å². The van der Waals surface area contributed by atoms with Crippen molar-refractivity contribution in [2.75, 3.05) is 0 Å². The third kappa shape index (κ3) is 4.04. The van der Waals surface area contributed by atoms with Crippen LogP contribution in [0.5, 0.6) is 0 Å². The molecule has 1 aliphatic rings. The maximum Gasteiger partial charge on any atom is 0.408 e. The van der Waals surface area contributed by atoms with Crippen LogP contribution in [-0.2, 0) is 0 Å².